The van der Waals surface area contributed by atoms with E-state index in [1.165, 1.54) is 12.8 Å². The number of likely N-dealkylation sites (tertiary alicyclic amines) is 1. The lowest BCUT2D eigenvalue weighted by Crippen LogP contribution is -2.35. The van der Waals surface area contributed by atoms with Crippen molar-refractivity contribution in [1.29, 1.82) is 0 Å². The standard InChI is InChI=1S/C19H28IN7O/c1-3-10-28-16-8-7-13(11-15(16)20)23-19-25-17(21)24-18(26-19)22-12-14-6-5-9-27(14)4-2/h7-8,11,14H,3-6,9-10,12H2,1-2H3,(H4,21,22,23,24,25,26). The van der Waals surface area contributed by atoms with Gasteiger partial charge < -0.3 is 21.1 Å². The van der Waals surface area contributed by atoms with Crippen LogP contribution in [0.4, 0.5) is 23.5 Å². The van der Waals surface area contributed by atoms with Crippen molar-refractivity contribution >= 4 is 46.1 Å². The fraction of sp³-hybridized carbons (Fsp3) is 0.526. The molecule has 8 nitrogen and oxygen atoms in total. The van der Waals surface area contributed by atoms with E-state index in [-0.39, 0.29) is 5.95 Å². The van der Waals surface area contributed by atoms with Crippen molar-refractivity contribution in [2.75, 3.05) is 42.6 Å². The third-order valence-electron chi connectivity index (χ3n) is 4.70. The summed E-state index contributed by atoms with van der Waals surface area (Å²) in [5.74, 6) is 1.99. The average molecular weight is 497 g/mol. The highest BCUT2D eigenvalue weighted by Gasteiger charge is 2.22. The van der Waals surface area contributed by atoms with Crippen molar-refractivity contribution in [3.05, 3.63) is 21.8 Å². The van der Waals surface area contributed by atoms with Crippen LogP contribution < -0.4 is 21.1 Å². The quantitative estimate of drug-likeness (QED) is 0.453. The van der Waals surface area contributed by atoms with Crippen molar-refractivity contribution in [2.24, 2.45) is 0 Å². The van der Waals surface area contributed by atoms with E-state index < -0.39 is 0 Å². The van der Waals surface area contributed by atoms with Crippen LogP contribution in [0.1, 0.15) is 33.1 Å². The topological polar surface area (TPSA) is 101 Å². The second-order valence-electron chi connectivity index (χ2n) is 6.77. The number of likely N-dealkylation sites (N-methyl/N-ethyl adjacent to an activating group) is 1. The number of anilines is 4. The molecule has 1 aliphatic heterocycles. The Labute approximate surface area is 179 Å². The lowest BCUT2D eigenvalue weighted by atomic mass is 10.2. The highest BCUT2D eigenvalue weighted by molar-refractivity contribution is 14.1. The molecule has 0 amide bonds. The van der Waals surface area contributed by atoms with E-state index in [4.69, 9.17) is 10.5 Å². The highest BCUT2D eigenvalue weighted by atomic mass is 127. The summed E-state index contributed by atoms with van der Waals surface area (Å²) in [7, 11) is 0. The van der Waals surface area contributed by atoms with Gasteiger partial charge in [-0.2, -0.15) is 15.0 Å². The van der Waals surface area contributed by atoms with Gasteiger partial charge in [0.05, 0.1) is 10.2 Å². The summed E-state index contributed by atoms with van der Waals surface area (Å²) in [5, 5.41) is 6.52. The Kier molecular flexibility index (Phi) is 7.49. The number of benzene rings is 1. The molecule has 0 radical (unpaired) electrons. The molecular formula is C19H28IN7O. The maximum Gasteiger partial charge on any atom is 0.233 e. The van der Waals surface area contributed by atoms with Gasteiger partial charge in [-0.25, -0.2) is 0 Å². The van der Waals surface area contributed by atoms with E-state index in [0.29, 0.717) is 24.5 Å². The van der Waals surface area contributed by atoms with Gasteiger partial charge in [-0.3, -0.25) is 4.90 Å². The minimum atomic E-state index is 0.191. The first-order chi connectivity index (χ1) is 13.6. The summed E-state index contributed by atoms with van der Waals surface area (Å²) >= 11 is 2.26. The van der Waals surface area contributed by atoms with Gasteiger partial charge in [-0.05, 0) is 73.1 Å². The van der Waals surface area contributed by atoms with E-state index in [0.717, 1.165) is 41.1 Å². The fourth-order valence-corrected chi connectivity index (χ4v) is 3.99. The van der Waals surface area contributed by atoms with Gasteiger partial charge in [0.25, 0.3) is 0 Å². The van der Waals surface area contributed by atoms with Gasteiger partial charge in [0.2, 0.25) is 17.8 Å². The first kappa shape index (κ1) is 20.8. The SMILES string of the molecule is CCCOc1ccc(Nc2nc(N)nc(NCC3CCCN3CC)n2)cc1I. The molecular weight excluding hydrogens is 469 g/mol. The molecule has 1 aromatic heterocycles. The minimum absolute atomic E-state index is 0.191. The maximum atomic E-state index is 5.89. The van der Waals surface area contributed by atoms with Crippen molar-refractivity contribution in [3.8, 4) is 5.75 Å². The fourth-order valence-electron chi connectivity index (χ4n) is 3.32. The predicted octanol–water partition coefficient (Wildman–Crippen LogP) is 3.49. The van der Waals surface area contributed by atoms with Crippen LogP contribution >= 0.6 is 22.6 Å². The minimum Gasteiger partial charge on any atom is -0.492 e. The van der Waals surface area contributed by atoms with Gasteiger partial charge in [-0.15, -0.1) is 0 Å². The highest BCUT2D eigenvalue weighted by Crippen LogP contribution is 2.26. The van der Waals surface area contributed by atoms with Crippen LogP contribution in [0, 0.1) is 3.57 Å². The van der Waals surface area contributed by atoms with Crippen molar-refractivity contribution in [3.63, 3.8) is 0 Å². The van der Waals surface area contributed by atoms with E-state index >= 15 is 0 Å². The van der Waals surface area contributed by atoms with E-state index in [2.05, 4.69) is 66.9 Å². The Morgan fingerprint density at radius 2 is 2.07 bits per heavy atom. The van der Waals surface area contributed by atoms with Crippen LogP contribution in [0.5, 0.6) is 5.75 Å². The summed E-state index contributed by atoms with van der Waals surface area (Å²) in [6, 6.07) is 6.40. The number of nitrogen functional groups attached to an aromatic ring is 1. The number of hydrogen-bond donors (Lipinski definition) is 3. The van der Waals surface area contributed by atoms with E-state index in [1.807, 2.05) is 18.2 Å². The molecule has 0 aliphatic carbocycles. The molecule has 1 fully saturated rings. The first-order valence-electron chi connectivity index (χ1n) is 9.78. The second kappa shape index (κ2) is 10.1. The Bertz CT molecular complexity index is 789. The van der Waals surface area contributed by atoms with Crippen molar-refractivity contribution in [1.82, 2.24) is 19.9 Å². The van der Waals surface area contributed by atoms with Crippen molar-refractivity contribution < 1.29 is 4.74 Å². The zero-order valence-corrected chi connectivity index (χ0v) is 18.6. The van der Waals surface area contributed by atoms with Crippen LogP contribution in [0.2, 0.25) is 0 Å². The molecule has 28 heavy (non-hydrogen) atoms. The van der Waals surface area contributed by atoms with Crippen LogP contribution in [0.15, 0.2) is 18.2 Å². The van der Waals surface area contributed by atoms with Gasteiger partial charge >= 0.3 is 0 Å². The second-order valence-corrected chi connectivity index (χ2v) is 7.93. The molecule has 0 saturated carbocycles. The third-order valence-corrected chi connectivity index (χ3v) is 5.55. The van der Waals surface area contributed by atoms with Crippen LogP contribution in [-0.2, 0) is 0 Å². The molecule has 3 rings (SSSR count). The van der Waals surface area contributed by atoms with Crippen LogP contribution in [0.3, 0.4) is 0 Å². The smallest absolute Gasteiger partial charge is 0.233 e. The normalized spacial score (nSPS) is 16.9. The Hall–Kier alpha value is -1.88. The Morgan fingerprint density at radius 1 is 1.25 bits per heavy atom. The zero-order valence-electron chi connectivity index (χ0n) is 16.4. The molecule has 2 aromatic rings. The molecule has 0 spiro atoms. The molecule has 1 saturated heterocycles. The molecule has 1 atom stereocenters. The van der Waals surface area contributed by atoms with Gasteiger partial charge in [-0.1, -0.05) is 13.8 Å². The molecule has 9 heteroatoms. The largest absolute Gasteiger partial charge is 0.492 e. The van der Waals surface area contributed by atoms with Crippen LogP contribution in [-0.4, -0.2) is 52.1 Å². The van der Waals surface area contributed by atoms with Gasteiger partial charge in [0.1, 0.15) is 5.75 Å². The number of aromatic nitrogens is 3. The number of rotatable bonds is 9. The molecule has 152 valence electrons. The van der Waals surface area contributed by atoms with Crippen LogP contribution in [0.25, 0.3) is 0 Å². The monoisotopic (exact) mass is 497 g/mol. The summed E-state index contributed by atoms with van der Waals surface area (Å²) in [6.45, 7) is 8.02. The predicted molar refractivity (Wildman–Crippen MR) is 121 cm³/mol. The molecule has 2 heterocycles. The number of ether oxygens (including phenoxy) is 1. The van der Waals surface area contributed by atoms with Gasteiger partial charge in [0.15, 0.2) is 0 Å². The average Bonchev–Trinajstić information content (AvgIpc) is 3.13. The Balaban J connectivity index is 1.65. The zero-order chi connectivity index (χ0) is 19.9. The summed E-state index contributed by atoms with van der Waals surface area (Å²) in [6.07, 6.45) is 3.41. The lowest BCUT2D eigenvalue weighted by molar-refractivity contribution is 0.277. The molecule has 1 aromatic carbocycles. The molecule has 1 unspecified atom stereocenters. The molecule has 1 aliphatic rings. The summed E-state index contributed by atoms with van der Waals surface area (Å²) in [4.78, 5) is 15.4. The number of nitrogens with two attached hydrogens (primary N) is 1. The number of halogens is 1. The Morgan fingerprint density at radius 3 is 2.82 bits per heavy atom. The lowest BCUT2D eigenvalue weighted by Gasteiger charge is -2.22. The number of nitrogens with one attached hydrogen (secondary N) is 2. The molecule has 0 bridgehead atoms. The number of nitrogens with zero attached hydrogens (tertiary/aromatic N) is 4. The first-order valence-corrected chi connectivity index (χ1v) is 10.9. The number of hydrogen-bond acceptors (Lipinski definition) is 8. The summed E-state index contributed by atoms with van der Waals surface area (Å²) in [5.41, 5.74) is 6.76. The van der Waals surface area contributed by atoms with Gasteiger partial charge in [0, 0.05) is 18.3 Å². The maximum absolute atomic E-state index is 5.89. The van der Waals surface area contributed by atoms with Crippen molar-refractivity contribution in [2.45, 2.75) is 39.2 Å². The third kappa shape index (κ3) is 5.57. The van der Waals surface area contributed by atoms with E-state index in [1.54, 1.807) is 0 Å². The molecule has 4 N–H and O–H groups in total. The summed E-state index contributed by atoms with van der Waals surface area (Å²) < 4.78 is 6.74. The van der Waals surface area contributed by atoms with E-state index in [9.17, 15) is 0 Å².